The number of primary amides is 1. The second kappa shape index (κ2) is 15.7. The molecule has 0 unspecified atom stereocenters. The number of anilines is 4. The van der Waals surface area contributed by atoms with E-state index in [1.807, 2.05) is 49.4 Å². The topological polar surface area (TPSA) is 123 Å². The van der Waals surface area contributed by atoms with Gasteiger partial charge in [-0.05, 0) is 62.2 Å². The van der Waals surface area contributed by atoms with Crippen LogP contribution in [0.4, 0.5) is 23.0 Å². The molecule has 2 fully saturated rings. The summed E-state index contributed by atoms with van der Waals surface area (Å²) in [6.45, 7) is 13.6. The number of piperazine rings is 1. The Balaban J connectivity index is 1.22. The highest BCUT2D eigenvalue weighted by atomic mass is 16.2. The molecule has 11 heteroatoms. The third-order valence-corrected chi connectivity index (χ3v) is 8.93. The van der Waals surface area contributed by atoms with Crippen LogP contribution >= 0.6 is 0 Å². The molecule has 2 amide bonds. The quantitative estimate of drug-likeness (QED) is 0.244. The number of hydrogen-bond acceptors (Lipinski definition) is 9. The molecule has 0 saturated carbocycles. The number of amides is 2. The molecule has 11 nitrogen and oxygen atoms in total. The number of hydrogen-bond donors (Lipinski definition) is 3. The fourth-order valence-electron chi connectivity index (χ4n) is 6.20. The van der Waals surface area contributed by atoms with E-state index < -0.39 is 5.91 Å². The molecule has 1 aromatic heterocycles. The Labute approximate surface area is 272 Å². The van der Waals surface area contributed by atoms with Gasteiger partial charge in [-0.1, -0.05) is 43.8 Å². The Morgan fingerprint density at radius 1 is 0.978 bits per heavy atom. The van der Waals surface area contributed by atoms with Crippen LogP contribution in [0.15, 0.2) is 67.3 Å². The molecule has 46 heavy (non-hydrogen) atoms. The Morgan fingerprint density at radius 2 is 1.67 bits per heavy atom. The van der Waals surface area contributed by atoms with Crippen LogP contribution in [0.3, 0.4) is 0 Å². The molecule has 2 aliphatic rings. The summed E-state index contributed by atoms with van der Waals surface area (Å²) in [5, 5.41) is 6.59. The molecule has 4 N–H and O–H groups in total. The number of carbonyl (C=O) groups excluding carboxylic acids is 2. The van der Waals surface area contributed by atoms with E-state index in [0.29, 0.717) is 43.6 Å². The van der Waals surface area contributed by atoms with Gasteiger partial charge in [0.05, 0.1) is 5.69 Å². The van der Waals surface area contributed by atoms with Crippen LogP contribution in [0.5, 0.6) is 0 Å². The lowest BCUT2D eigenvalue weighted by Crippen LogP contribution is -2.52. The predicted molar refractivity (Wildman–Crippen MR) is 185 cm³/mol. The molecular formula is C35H47N9O2. The minimum absolute atomic E-state index is 0.0880. The van der Waals surface area contributed by atoms with Gasteiger partial charge in [0.25, 0.3) is 5.91 Å². The lowest BCUT2D eigenvalue weighted by molar-refractivity contribution is -0.126. The summed E-state index contributed by atoms with van der Waals surface area (Å²) < 4.78 is 0. The maximum absolute atomic E-state index is 12.6. The zero-order valence-corrected chi connectivity index (χ0v) is 27.1. The summed E-state index contributed by atoms with van der Waals surface area (Å²) in [6.07, 6.45) is 4.22. The molecule has 3 aromatic rings. The van der Waals surface area contributed by atoms with Gasteiger partial charge in [-0.25, -0.2) is 9.97 Å². The van der Waals surface area contributed by atoms with Crippen molar-refractivity contribution in [2.75, 3.05) is 74.9 Å². The monoisotopic (exact) mass is 625 g/mol. The molecule has 0 bridgehead atoms. The number of nitrogens with one attached hydrogen (secondary N) is 2. The normalized spacial score (nSPS) is 16.2. The standard InChI is InChI=1S/C35H47N9O2/c1-4-30-34(37-17-20-44(31(45)5-2)25-26-9-7-6-8-10-26)40-35(32(39-30)33(36)46)38-27-11-13-28(14-12-27)42-18-15-29(16-19-42)43-23-21-41(3)22-24-43/h5-14,29H,2,4,15-25H2,1,3H3,(H2,36,46)(H2,37,38,40). The third-order valence-electron chi connectivity index (χ3n) is 8.93. The molecule has 3 heterocycles. The molecule has 0 atom stereocenters. The van der Waals surface area contributed by atoms with E-state index in [2.05, 4.69) is 56.1 Å². The summed E-state index contributed by atoms with van der Waals surface area (Å²) >= 11 is 0. The van der Waals surface area contributed by atoms with E-state index in [0.717, 1.165) is 50.5 Å². The van der Waals surface area contributed by atoms with Crippen molar-refractivity contribution in [2.45, 2.75) is 38.8 Å². The van der Waals surface area contributed by atoms with Crippen molar-refractivity contribution in [3.63, 3.8) is 0 Å². The van der Waals surface area contributed by atoms with Crippen molar-refractivity contribution in [3.05, 3.63) is 84.2 Å². The number of aryl methyl sites for hydroxylation is 1. The van der Waals surface area contributed by atoms with Crippen LogP contribution < -0.4 is 21.3 Å². The van der Waals surface area contributed by atoms with E-state index in [1.54, 1.807) is 4.90 Å². The number of rotatable bonds is 13. The van der Waals surface area contributed by atoms with E-state index >= 15 is 0 Å². The summed E-state index contributed by atoms with van der Waals surface area (Å²) in [5.74, 6) is 0.0280. The van der Waals surface area contributed by atoms with Crippen LogP contribution in [0.1, 0.15) is 41.5 Å². The lowest BCUT2D eigenvalue weighted by atomic mass is 10.0. The molecule has 2 saturated heterocycles. The average Bonchev–Trinajstić information content (AvgIpc) is 3.08. The second-order valence-electron chi connectivity index (χ2n) is 12.0. The minimum Gasteiger partial charge on any atom is -0.371 e. The highest BCUT2D eigenvalue weighted by Gasteiger charge is 2.27. The van der Waals surface area contributed by atoms with E-state index in [4.69, 9.17) is 10.7 Å². The fraction of sp³-hybridized carbons (Fsp3) is 0.429. The molecule has 2 aliphatic heterocycles. The summed E-state index contributed by atoms with van der Waals surface area (Å²) in [4.78, 5) is 43.5. The van der Waals surface area contributed by atoms with Gasteiger partial charge in [0.2, 0.25) is 5.91 Å². The number of nitrogens with two attached hydrogens (primary N) is 1. The van der Waals surface area contributed by atoms with Gasteiger partial charge < -0.3 is 31.1 Å². The molecule has 0 aliphatic carbocycles. The van der Waals surface area contributed by atoms with Crippen LogP contribution in [0.2, 0.25) is 0 Å². The highest BCUT2D eigenvalue weighted by Crippen LogP contribution is 2.27. The number of piperidine rings is 1. The Bertz CT molecular complexity index is 1470. The van der Waals surface area contributed by atoms with Gasteiger partial charge in [-0.3, -0.25) is 14.5 Å². The summed E-state index contributed by atoms with van der Waals surface area (Å²) in [6, 6.07) is 18.7. The molecule has 244 valence electrons. The smallest absolute Gasteiger partial charge is 0.271 e. The third kappa shape index (κ3) is 8.41. The van der Waals surface area contributed by atoms with Crippen molar-refractivity contribution < 1.29 is 9.59 Å². The van der Waals surface area contributed by atoms with Crippen molar-refractivity contribution in [1.29, 1.82) is 0 Å². The number of benzene rings is 2. The molecule has 0 radical (unpaired) electrons. The second-order valence-corrected chi connectivity index (χ2v) is 12.0. The highest BCUT2D eigenvalue weighted by molar-refractivity contribution is 5.96. The van der Waals surface area contributed by atoms with E-state index in [1.165, 1.54) is 24.6 Å². The average molecular weight is 626 g/mol. The SMILES string of the molecule is C=CC(=O)N(CCNc1nc(Nc2ccc(N3CCC(N4CCN(C)CC4)CC3)cc2)c(C(N)=O)nc1CC)Cc1ccccc1. The summed E-state index contributed by atoms with van der Waals surface area (Å²) in [5.41, 5.74) is 9.44. The van der Waals surface area contributed by atoms with Crippen LogP contribution in [0, 0.1) is 0 Å². The van der Waals surface area contributed by atoms with Crippen molar-refractivity contribution in [2.24, 2.45) is 5.73 Å². The van der Waals surface area contributed by atoms with Gasteiger partial charge in [0.15, 0.2) is 11.5 Å². The van der Waals surface area contributed by atoms with Gasteiger partial charge >= 0.3 is 0 Å². The Hall–Kier alpha value is -4.48. The number of likely N-dealkylation sites (N-methyl/N-ethyl adjacent to an activating group) is 1. The lowest BCUT2D eigenvalue weighted by Gasteiger charge is -2.42. The van der Waals surface area contributed by atoms with Crippen LogP contribution in [-0.4, -0.2) is 102 Å². The maximum Gasteiger partial charge on any atom is 0.271 e. The largest absolute Gasteiger partial charge is 0.371 e. The maximum atomic E-state index is 12.6. The van der Waals surface area contributed by atoms with Gasteiger partial charge in [0, 0.05) is 76.3 Å². The zero-order valence-electron chi connectivity index (χ0n) is 27.1. The fourth-order valence-corrected chi connectivity index (χ4v) is 6.20. The van der Waals surface area contributed by atoms with Crippen molar-refractivity contribution in [1.82, 2.24) is 24.7 Å². The Morgan fingerprint density at radius 3 is 2.30 bits per heavy atom. The van der Waals surface area contributed by atoms with E-state index in [-0.39, 0.29) is 17.4 Å². The Kier molecular flexibility index (Phi) is 11.2. The number of nitrogens with zero attached hydrogens (tertiary/aromatic N) is 6. The molecule has 2 aromatic carbocycles. The van der Waals surface area contributed by atoms with Gasteiger partial charge in [-0.15, -0.1) is 0 Å². The number of carbonyl (C=O) groups is 2. The zero-order chi connectivity index (χ0) is 32.5. The van der Waals surface area contributed by atoms with Crippen LogP contribution in [0.25, 0.3) is 0 Å². The number of aromatic nitrogens is 2. The van der Waals surface area contributed by atoms with Gasteiger partial charge in [0.1, 0.15) is 5.82 Å². The minimum atomic E-state index is -0.651. The first-order chi connectivity index (χ1) is 22.3. The van der Waals surface area contributed by atoms with Crippen molar-refractivity contribution >= 4 is 34.8 Å². The van der Waals surface area contributed by atoms with E-state index in [9.17, 15) is 9.59 Å². The molecule has 0 spiro atoms. The molecular weight excluding hydrogens is 578 g/mol. The van der Waals surface area contributed by atoms with Crippen LogP contribution in [-0.2, 0) is 17.8 Å². The van der Waals surface area contributed by atoms with Gasteiger partial charge in [-0.2, -0.15) is 0 Å². The summed E-state index contributed by atoms with van der Waals surface area (Å²) in [7, 11) is 2.20. The first kappa shape index (κ1) is 32.9. The van der Waals surface area contributed by atoms with Crippen molar-refractivity contribution in [3.8, 4) is 0 Å². The predicted octanol–water partition coefficient (Wildman–Crippen LogP) is 3.72. The first-order valence-electron chi connectivity index (χ1n) is 16.3. The first-order valence-corrected chi connectivity index (χ1v) is 16.3. The molecule has 5 rings (SSSR count).